The zero-order valence-corrected chi connectivity index (χ0v) is 12.4. The van der Waals surface area contributed by atoms with Crippen LogP contribution in [0.15, 0.2) is 24.3 Å². The summed E-state index contributed by atoms with van der Waals surface area (Å²) in [4.78, 5) is 17.8. The Labute approximate surface area is 122 Å². The normalized spacial score (nSPS) is 17.6. The molecule has 1 aromatic carbocycles. The number of fused-ring (bicyclic) bond motifs is 1. The lowest BCUT2D eigenvalue weighted by atomic mass is 9.95. The van der Waals surface area contributed by atoms with Crippen LogP contribution in [0.2, 0.25) is 0 Å². The molecule has 0 saturated heterocycles. The van der Waals surface area contributed by atoms with E-state index in [0.717, 1.165) is 23.5 Å². The van der Waals surface area contributed by atoms with Gasteiger partial charge in [0.2, 0.25) is 5.91 Å². The van der Waals surface area contributed by atoms with Gasteiger partial charge in [-0.25, -0.2) is 4.98 Å². The third-order valence-corrected chi connectivity index (χ3v) is 4.64. The molecule has 2 aromatic rings. The van der Waals surface area contributed by atoms with E-state index in [1.807, 2.05) is 26.0 Å². The fourth-order valence-electron chi connectivity index (χ4n) is 2.36. The van der Waals surface area contributed by atoms with Gasteiger partial charge in [-0.2, -0.15) is 0 Å². The summed E-state index contributed by atoms with van der Waals surface area (Å²) in [5.74, 6) is -0.00625. The molecule has 2 heterocycles. The molecule has 20 heavy (non-hydrogen) atoms. The van der Waals surface area contributed by atoms with E-state index in [1.54, 1.807) is 0 Å². The molecule has 0 aliphatic carbocycles. The molecular weight excluding hydrogens is 270 g/mol. The Kier molecular flexibility index (Phi) is 3.54. The second-order valence-electron chi connectivity index (χ2n) is 5.06. The molecule has 0 unspecified atom stereocenters. The fraction of sp³-hybridized carbons (Fsp3) is 0.333. The Morgan fingerprint density at radius 1 is 1.35 bits per heavy atom. The van der Waals surface area contributed by atoms with Crippen molar-refractivity contribution in [2.24, 2.45) is 0 Å². The van der Waals surface area contributed by atoms with E-state index < -0.39 is 0 Å². The summed E-state index contributed by atoms with van der Waals surface area (Å²) < 4.78 is 0. The summed E-state index contributed by atoms with van der Waals surface area (Å²) in [6.07, 6.45) is 0.728. The molecule has 4 nitrogen and oxygen atoms in total. The maximum absolute atomic E-state index is 12.3. The van der Waals surface area contributed by atoms with E-state index in [9.17, 15) is 4.79 Å². The number of nitrogens with one attached hydrogen (secondary N) is 2. The quantitative estimate of drug-likeness (QED) is 0.892. The maximum Gasteiger partial charge on any atom is 0.243 e. The summed E-state index contributed by atoms with van der Waals surface area (Å²) in [5.41, 5.74) is 3.50. The van der Waals surface area contributed by atoms with Gasteiger partial charge in [0, 0.05) is 11.4 Å². The molecule has 0 bridgehead atoms. The summed E-state index contributed by atoms with van der Waals surface area (Å²) in [5, 5.41) is 6.88. The van der Waals surface area contributed by atoms with E-state index in [-0.39, 0.29) is 11.9 Å². The first kappa shape index (κ1) is 13.3. The van der Waals surface area contributed by atoms with E-state index in [4.69, 9.17) is 0 Å². The van der Waals surface area contributed by atoms with Crippen molar-refractivity contribution in [1.29, 1.82) is 0 Å². The molecule has 0 radical (unpaired) electrons. The summed E-state index contributed by atoms with van der Waals surface area (Å²) >= 11 is 1.52. The third-order valence-electron chi connectivity index (χ3n) is 3.66. The van der Waals surface area contributed by atoms with Crippen LogP contribution in [0, 0.1) is 13.8 Å². The van der Waals surface area contributed by atoms with E-state index in [2.05, 4.69) is 27.8 Å². The minimum Gasteiger partial charge on any atom is -0.301 e. The monoisotopic (exact) mass is 287 g/mol. The Bertz CT molecular complexity index is 631. The number of hydrogen-bond acceptors (Lipinski definition) is 4. The van der Waals surface area contributed by atoms with Gasteiger partial charge in [-0.1, -0.05) is 24.3 Å². The van der Waals surface area contributed by atoms with E-state index in [0.29, 0.717) is 5.13 Å². The van der Waals surface area contributed by atoms with E-state index in [1.165, 1.54) is 22.5 Å². The van der Waals surface area contributed by atoms with Gasteiger partial charge in [-0.3, -0.25) is 4.79 Å². The second kappa shape index (κ2) is 5.34. The number of aromatic nitrogens is 1. The van der Waals surface area contributed by atoms with Gasteiger partial charge in [0.05, 0.1) is 11.7 Å². The van der Waals surface area contributed by atoms with E-state index >= 15 is 0 Å². The Morgan fingerprint density at radius 2 is 2.10 bits per heavy atom. The lowest BCUT2D eigenvalue weighted by Crippen LogP contribution is -2.44. The highest BCUT2D eigenvalue weighted by molar-refractivity contribution is 7.15. The number of aryl methyl sites for hydroxylation is 2. The SMILES string of the molecule is Cc1nc(NC(=O)[C@H]2Cc3ccccc3CN2)sc1C. The highest BCUT2D eigenvalue weighted by atomic mass is 32.1. The van der Waals surface area contributed by atoms with Crippen molar-refractivity contribution in [3.63, 3.8) is 0 Å². The first-order chi connectivity index (χ1) is 9.63. The van der Waals surface area contributed by atoms with Crippen LogP contribution in [-0.2, 0) is 17.8 Å². The molecule has 0 fully saturated rings. The molecule has 1 atom stereocenters. The first-order valence-corrected chi connectivity index (χ1v) is 7.50. The van der Waals surface area contributed by atoms with Crippen LogP contribution in [0.3, 0.4) is 0 Å². The van der Waals surface area contributed by atoms with Crippen LogP contribution in [-0.4, -0.2) is 16.9 Å². The Hall–Kier alpha value is -1.72. The lowest BCUT2D eigenvalue weighted by Gasteiger charge is -2.24. The van der Waals surface area contributed by atoms with Gasteiger partial charge in [-0.05, 0) is 31.4 Å². The standard InChI is InChI=1S/C15H17N3OS/c1-9-10(2)20-15(17-9)18-14(19)13-7-11-5-3-4-6-12(11)8-16-13/h3-6,13,16H,7-8H2,1-2H3,(H,17,18,19)/t13-/m1/s1. The molecule has 3 rings (SSSR count). The minimum absolute atomic E-state index is 0.00625. The predicted octanol–water partition coefficient (Wildman–Crippen LogP) is 2.41. The highest BCUT2D eigenvalue weighted by Gasteiger charge is 2.24. The Balaban J connectivity index is 1.70. The molecule has 0 saturated carbocycles. The van der Waals surface area contributed by atoms with Gasteiger partial charge < -0.3 is 10.6 Å². The zero-order chi connectivity index (χ0) is 14.1. The van der Waals surface area contributed by atoms with Crippen molar-refractivity contribution in [3.05, 3.63) is 46.0 Å². The van der Waals surface area contributed by atoms with Gasteiger partial charge in [0.1, 0.15) is 0 Å². The third kappa shape index (κ3) is 2.59. The summed E-state index contributed by atoms with van der Waals surface area (Å²) in [7, 11) is 0. The van der Waals surface area contributed by atoms with Gasteiger partial charge in [-0.15, -0.1) is 11.3 Å². The maximum atomic E-state index is 12.3. The van der Waals surface area contributed by atoms with Crippen molar-refractivity contribution < 1.29 is 4.79 Å². The topological polar surface area (TPSA) is 54.0 Å². The number of carbonyl (C=O) groups is 1. The first-order valence-electron chi connectivity index (χ1n) is 6.68. The van der Waals surface area contributed by atoms with Crippen molar-refractivity contribution in [3.8, 4) is 0 Å². The van der Waals surface area contributed by atoms with Crippen LogP contribution in [0.25, 0.3) is 0 Å². The van der Waals surface area contributed by atoms with Crippen LogP contribution >= 0.6 is 11.3 Å². The molecule has 2 N–H and O–H groups in total. The average Bonchev–Trinajstić information content (AvgIpc) is 2.76. The number of thiazole rings is 1. The van der Waals surface area contributed by atoms with Crippen LogP contribution in [0.1, 0.15) is 21.7 Å². The largest absolute Gasteiger partial charge is 0.301 e. The number of hydrogen-bond donors (Lipinski definition) is 2. The van der Waals surface area contributed by atoms with Crippen LogP contribution < -0.4 is 10.6 Å². The number of anilines is 1. The Morgan fingerprint density at radius 3 is 2.80 bits per heavy atom. The molecule has 5 heteroatoms. The summed E-state index contributed by atoms with van der Waals surface area (Å²) in [6, 6.07) is 8.06. The number of nitrogens with zero attached hydrogens (tertiary/aromatic N) is 1. The zero-order valence-electron chi connectivity index (χ0n) is 11.6. The van der Waals surface area contributed by atoms with Crippen LogP contribution in [0.4, 0.5) is 5.13 Å². The van der Waals surface area contributed by atoms with Gasteiger partial charge in [0.15, 0.2) is 5.13 Å². The number of carbonyl (C=O) groups excluding carboxylic acids is 1. The summed E-state index contributed by atoms with van der Waals surface area (Å²) in [6.45, 7) is 4.71. The number of benzene rings is 1. The minimum atomic E-state index is -0.186. The fourth-order valence-corrected chi connectivity index (χ4v) is 3.18. The number of rotatable bonds is 2. The van der Waals surface area contributed by atoms with Gasteiger partial charge >= 0.3 is 0 Å². The molecule has 0 spiro atoms. The highest BCUT2D eigenvalue weighted by Crippen LogP contribution is 2.22. The van der Waals surface area contributed by atoms with Crippen molar-refractivity contribution in [1.82, 2.24) is 10.3 Å². The smallest absolute Gasteiger partial charge is 0.243 e. The average molecular weight is 287 g/mol. The van der Waals surface area contributed by atoms with Crippen molar-refractivity contribution in [2.45, 2.75) is 32.9 Å². The molecule has 1 aromatic heterocycles. The van der Waals surface area contributed by atoms with Crippen LogP contribution in [0.5, 0.6) is 0 Å². The lowest BCUT2D eigenvalue weighted by molar-refractivity contribution is -0.118. The molecule has 1 aliphatic heterocycles. The predicted molar refractivity (Wildman–Crippen MR) is 81.0 cm³/mol. The molecule has 104 valence electrons. The molecular formula is C15H17N3OS. The molecule has 1 amide bonds. The number of amides is 1. The van der Waals surface area contributed by atoms with Gasteiger partial charge in [0.25, 0.3) is 0 Å². The van der Waals surface area contributed by atoms with Crippen molar-refractivity contribution >= 4 is 22.4 Å². The second-order valence-corrected chi connectivity index (χ2v) is 6.26. The molecule has 1 aliphatic rings. The van der Waals surface area contributed by atoms with Crippen molar-refractivity contribution in [2.75, 3.05) is 5.32 Å².